The van der Waals surface area contributed by atoms with Crippen molar-refractivity contribution >= 4 is 5.91 Å². The van der Waals surface area contributed by atoms with Crippen LogP contribution in [-0.4, -0.2) is 17.4 Å². The van der Waals surface area contributed by atoms with Gasteiger partial charge in [-0.3, -0.25) is 9.59 Å². The molecule has 2 aromatic rings. The van der Waals surface area contributed by atoms with Crippen LogP contribution in [0.3, 0.4) is 0 Å². The maximum Gasteiger partial charge on any atom is 0.261 e. The third-order valence-corrected chi connectivity index (χ3v) is 2.84. The highest BCUT2D eigenvalue weighted by Crippen LogP contribution is 2.16. The summed E-state index contributed by atoms with van der Waals surface area (Å²) in [5.74, 6) is -0.553. The molecule has 5 nitrogen and oxygen atoms in total. The monoisotopic (exact) mass is 267 g/mol. The standard InChI is InChI=1S/C15H13N3O2/c1-10-2-4-11(5-3-10)13-7-6-12(15(20)18-13)14(19)17-9-8-16/h2-7H,9H2,1H3,(H,17,19)(H,18,20). The van der Waals surface area contributed by atoms with Crippen molar-refractivity contribution in [3.05, 3.63) is 57.9 Å². The van der Waals surface area contributed by atoms with Crippen molar-refractivity contribution in [2.24, 2.45) is 0 Å². The van der Waals surface area contributed by atoms with E-state index >= 15 is 0 Å². The van der Waals surface area contributed by atoms with Crippen molar-refractivity contribution in [1.82, 2.24) is 10.3 Å². The van der Waals surface area contributed by atoms with Crippen LogP contribution in [0.4, 0.5) is 0 Å². The Morgan fingerprint density at radius 1 is 1.25 bits per heavy atom. The lowest BCUT2D eigenvalue weighted by atomic mass is 10.1. The molecule has 1 aromatic carbocycles. The molecular weight excluding hydrogens is 254 g/mol. The third-order valence-electron chi connectivity index (χ3n) is 2.84. The van der Waals surface area contributed by atoms with Crippen LogP contribution in [-0.2, 0) is 0 Å². The largest absolute Gasteiger partial charge is 0.339 e. The molecule has 0 unspecified atom stereocenters. The van der Waals surface area contributed by atoms with Crippen LogP contribution >= 0.6 is 0 Å². The predicted octanol–water partition coefficient (Wildman–Crippen LogP) is 1.60. The fraction of sp³-hybridized carbons (Fsp3) is 0.133. The van der Waals surface area contributed by atoms with E-state index in [1.54, 1.807) is 12.1 Å². The summed E-state index contributed by atoms with van der Waals surface area (Å²) < 4.78 is 0. The van der Waals surface area contributed by atoms with E-state index in [-0.39, 0.29) is 12.1 Å². The number of benzene rings is 1. The van der Waals surface area contributed by atoms with Crippen molar-refractivity contribution in [3.63, 3.8) is 0 Å². The summed E-state index contributed by atoms with van der Waals surface area (Å²) in [5, 5.41) is 10.7. The first-order valence-electron chi connectivity index (χ1n) is 6.07. The van der Waals surface area contributed by atoms with Gasteiger partial charge in [-0.1, -0.05) is 29.8 Å². The van der Waals surface area contributed by atoms with Gasteiger partial charge in [0.15, 0.2) is 0 Å². The molecule has 2 N–H and O–H groups in total. The summed E-state index contributed by atoms with van der Waals surface area (Å²) in [6, 6.07) is 12.6. The van der Waals surface area contributed by atoms with Crippen LogP contribution in [0.2, 0.25) is 0 Å². The molecule has 0 atom stereocenters. The van der Waals surface area contributed by atoms with Gasteiger partial charge in [-0.25, -0.2) is 0 Å². The Morgan fingerprint density at radius 2 is 1.95 bits per heavy atom. The third kappa shape index (κ3) is 2.93. The number of carbonyl (C=O) groups excluding carboxylic acids is 1. The van der Waals surface area contributed by atoms with E-state index in [9.17, 15) is 9.59 Å². The lowest BCUT2D eigenvalue weighted by molar-refractivity contribution is 0.0957. The van der Waals surface area contributed by atoms with Gasteiger partial charge in [0.2, 0.25) is 0 Å². The molecule has 2 rings (SSSR count). The van der Waals surface area contributed by atoms with E-state index in [0.717, 1.165) is 11.1 Å². The number of H-pyrrole nitrogens is 1. The predicted molar refractivity (Wildman–Crippen MR) is 75.2 cm³/mol. The van der Waals surface area contributed by atoms with Gasteiger partial charge in [-0.05, 0) is 24.6 Å². The molecule has 0 aliphatic rings. The Kier molecular flexibility index (Phi) is 3.96. The van der Waals surface area contributed by atoms with Gasteiger partial charge in [0.05, 0.1) is 6.07 Å². The minimum absolute atomic E-state index is 0.00360. The van der Waals surface area contributed by atoms with Crippen molar-refractivity contribution < 1.29 is 4.79 Å². The maximum atomic E-state index is 11.9. The molecule has 0 saturated heterocycles. The number of rotatable bonds is 3. The highest BCUT2D eigenvalue weighted by Gasteiger charge is 2.10. The summed E-state index contributed by atoms with van der Waals surface area (Å²) >= 11 is 0. The highest BCUT2D eigenvalue weighted by atomic mass is 16.2. The molecule has 1 amide bonds. The van der Waals surface area contributed by atoms with Crippen molar-refractivity contribution in [2.75, 3.05) is 6.54 Å². The Morgan fingerprint density at radius 3 is 2.55 bits per heavy atom. The lowest BCUT2D eigenvalue weighted by Gasteiger charge is -2.04. The first-order chi connectivity index (χ1) is 9.61. The SMILES string of the molecule is Cc1ccc(-c2ccc(C(=O)NCC#N)c(=O)[nH]2)cc1. The number of pyridine rings is 1. The van der Waals surface area contributed by atoms with Gasteiger partial charge >= 0.3 is 0 Å². The van der Waals surface area contributed by atoms with Crippen molar-refractivity contribution in [2.45, 2.75) is 6.92 Å². The van der Waals surface area contributed by atoms with Crippen LogP contribution in [0.1, 0.15) is 15.9 Å². The minimum atomic E-state index is -0.553. The first-order valence-corrected chi connectivity index (χ1v) is 6.07. The zero-order valence-electron chi connectivity index (χ0n) is 10.9. The van der Waals surface area contributed by atoms with Crippen LogP contribution in [0.15, 0.2) is 41.2 Å². The van der Waals surface area contributed by atoms with E-state index < -0.39 is 11.5 Å². The molecule has 1 aromatic heterocycles. The number of hydrogen-bond donors (Lipinski definition) is 2. The molecule has 20 heavy (non-hydrogen) atoms. The van der Waals surface area contributed by atoms with Gasteiger partial charge in [0.25, 0.3) is 11.5 Å². The van der Waals surface area contributed by atoms with Gasteiger partial charge in [0.1, 0.15) is 12.1 Å². The summed E-state index contributed by atoms with van der Waals surface area (Å²) in [7, 11) is 0. The number of nitriles is 1. The molecular formula is C15H13N3O2. The topological polar surface area (TPSA) is 85.8 Å². The Bertz CT molecular complexity index is 724. The Balaban J connectivity index is 2.31. The van der Waals surface area contributed by atoms with Crippen LogP contribution in [0.5, 0.6) is 0 Å². The summed E-state index contributed by atoms with van der Waals surface area (Å²) in [4.78, 5) is 26.2. The number of nitrogens with zero attached hydrogens (tertiary/aromatic N) is 1. The molecule has 0 aliphatic carbocycles. The van der Waals surface area contributed by atoms with E-state index in [0.29, 0.717) is 5.69 Å². The smallest absolute Gasteiger partial charge is 0.261 e. The Hall–Kier alpha value is -2.87. The first kappa shape index (κ1) is 13.6. The van der Waals surface area contributed by atoms with E-state index in [1.807, 2.05) is 31.2 Å². The minimum Gasteiger partial charge on any atom is -0.339 e. The van der Waals surface area contributed by atoms with Crippen LogP contribution in [0, 0.1) is 18.3 Å². The number of nitrogens with one attached hydrogen (secondary N) is 2. The molecule has 0 fully saturated rings. The quantitative estimate of drug-likeness (QED) is 0.828. The van der Waals surface area contributed by atoms with Crippen LogP contribution in [0.25, 0.3) is 11.3 Å². The van der Waals surface area contributed by atoms with E-state index in [1.165, 1.54) is 6.07 Å². The second-order valence-corrected chi connectivity index (χ2v) is 4.32. The Labute approximate surface area is 115 Å². The average molecular weight is 267 g/mol. The summed E-state index contributed by atoms with van der Waals surface area (Å²) in [6.45, 7) is 1.85. The molecule has 1 heterocycles. The molecule has 100 valence electrons. The fourth-order valence-corrected chi connectivity index (χ4v) is 1.77. The van der Waals surface area contributed by atoms with Crippen LogP contribution < -0.4 is 10.9 Å². The van der Waals surface area contributed by atoms with Gasteiger partial charge < -0.3 is 10.3 Å². The molecule has 5 heteroatoms. The molecule has 0 radical (unpaired) electrons. The number of carbonyl (C=O) groups is 1. The number of aryl methyl sites for hydroxylation is 1. The number of amides is 1. The van der Waals surface area contributed by atoms with Gasteiger partial charge in [-0.15, -0.1) is 0 Å². The molecule has 0 saturated carbocycles. The van der Waals surface area contributed by atoms with Crippen molar-refractivity contribution in [3.8, 4) is 17.3 Å². The number of aromatic amines is 1. The summed E-state index contributed by atoms with van der Waals surface area (Å²) in [5.41, 5.74) is 2.17. The molecule has 0 bridgehead atoms. The molecule has 0 spiro atoms. The van der Waals surface area contributed by atoms with Gasteiger partial charge in [0, 0.05) is 5.69 Å². The molecule has 0 aliphatic heterocycles. The zero-order valence-corrected chi connectivity index (χ0v) is 10.9. The van der Waals surface area contributed by atoms with E-state index in [2.05, 4.69) is 10.3 Å². The second-order valence-electron chi connectivity index (χ2n) is 4.32. The van der Waals surface area contributed by atoms with Crippen molar-refractivity contribution in [1.29, 1.82) is 5.26 Å². The zero-order chi connectivity index (χ0) is 14.5. The summed E-state index contributed by atoms with van der Waals surface area (Å²) in [6.07, 6.45) is 0. The second kappa shape index (κ2) is 5.85. The maximum absolute atomic E-state index is 11.9. The van der Waals surface area contributed by atoms with E-state index in [4.69, 9.17) is 5.26 Å². The number of hydrogen-bond acceptors (Lipinski definition) is 3. The van der Waals surface area contributed by atoms with Gasteiger partial charge in [-0.2, -0.15) is 5.26 Å². The highest BCUT2D eigenvalue weighted by molar-refractivity contribution is 5.94. The average Bonchev–Trinajstić information content (AvgIpc) is 2.45. The fourth-order valence-electron chi connectivity index (χ4n) is 1.77. The number of aromatic nitrogens is 1. The normalized spacial score (nSPS) is 9.80. The lowest BCUT2D eigenvalue weighted by Crippen LogP contribution is -2.29.